The van der Waals surface area contributed by atoms with Gasteiger partial charge in [-0.15, -0.1) is 0 Å². The average molecular weight is 254 g/mol. The lowest BCUT2D eigenvalue weighted by Crippen LogP contribution is -2.50. The molecule has 2 rings (SSSR count). The smallest absolute Gasteiger partial charge is 0.320 e. The van der Waals surface area contributed by atoms with Crippen LogP contribution >= 0.6 is 0 Å². The number of carbonyl (C=O) groups is 1. The molecule has 2 aliphatic rings. The minimum Gasteiger partial charge on any atom is -0.465 e. The van der Waals surface area contributed by atoms with Gasteiger partial charge in [0.2, 0.25) is 0 Å². The van der Waals surface area contributed by atoms with Crippen LogP contribution in [0.5, 0.6) is 0 Å². The fourth-order valence-electron chi connectivity index (χ4n) is 3.38. The first-order valence-electron chi connectivity index (χ1n) is 7.38. The highest BCUT2D eigenvalue weighted by Crippen LogP contribution is 2.29. The lowest BCUT2D eigenvalue weighted by molar-refractivity contribution is -0.145. The fraction of sp³-hybridized carbons (Fsp3) is 0.929. The number of rotatable bonds is 6. The van der Waals surface area contributed by atoms with Gasteiger partial charge in [0.1, 0.15) is 0 Å². The van der Waals surface area contributed by atoms with Gasteiger partial charge in [0.25, 0.3) is 0 Å². The molecule has 2 atom stereocenters. The maximum absolute atomic E-state index is 11.7. The summed E-state index contributed by atoms with van der Waals surface area (Å²) < 4.78 is 5.08. The lowest BCUT2D eigenvalue weighted by Gasteiger charge is -2.37. The first kappa shape index (κ1) is 13.8. The van der Waals surface area contributed by atoms with E-state index in [9.17, 15) is 4.79 Å². The number of fused-ring (bicyclic) bond motifs is 2. The summed E-state index contributed by atoms with van der Waals surface area (Å²) in [4.78, 5) is 14.0. The van der Waals surface area contributed by atoms with E-state index in [-0.39, 0.29) is 5.97 Å². The maximum atomic E-state index is 11.7. The molecule has 18 heavy (non-hydrogen) atoms. The van der Waals surface area contributed by atoms with Crippen molar-refractivity contribution in [1.29, 1.82) is 0 Å². The Kier molecular flexibility index (Phi) is 5.01. The van der Waals surface area contributed by atoms with E-state index in [0.717, 1.165) is 13.0 Å². The Morgan fingerprint density at radius 3 is 2.50 bits per heavy atom. The highest BCUT2D eigenvalue weighted by Gasteiger charge is 2.36. The molecule has 1 N–H and O–H groups in total. The van der Waals surface area contributed by atoms with Crippen LogP contribution in [0.2, 0.25) is 0 Å². The zero-order chi connectivity index (χ0) is 13.0. The van der Waals surface area contributed by atoms with Crippen molar-refractivity contribution in [3.8, 4) is 0 Å². The van der Waals surface area contributed by atoms with Gasteiger partial charge in [-0.2, -0.15) is 0 Å². The van der Waals surface area contributed by atoms with Crippen LogP contribution in [0, 0.1) is 0 Å². The van der Waals surface area contributed by atoms with Crippen LogP contribution in [-0.2, 0) is 9.53 Å². The molecule has 0 radical (unpaired) electrons. The fourth-order valence-corrected chi connectivity index (χ4v) is 3.38. The summed E-state index contributed by atoms with van der Waals surface area (Å²) in [6.45, 7) is 5.99. The second-order valence-corrected chi connectivity index (χ2v) is 5.54. The first-order valence-corrected chi connectivity index (χ1v) is 7.38. The number of ether oxygens (including phenoxy) is 1. The van der Waals surface area contributed by atoms with E-state index in [1.807, 2.05) is 6.92 Å². The van der Waals surface area contributed by atoms with Crippen LogP contribution in [0.4, 0.5) is 0 Å². The van der Waals surface area contributed by atoms with Gasteiger partial charge in [-0.05, 0) is 45.6 Å². The minimum absolute atomic E-state index is 0.0724. The molecule has 0 spiro atoms. The molecule has 2 bridgehead atoms. The van der Waals surface area contributed by atoms with Crippen LogP contribution in [0.1, 0.15) is 46.0 Å². The third kappa shape index (κ3) is 3.45. The Labute approximate surface area is 110 Å². The number of hydrogen-bond acceptors (Lipinski definition) is 4. The Morgan fingerprint density at radius 1 is 1.28 bits per heavy atom. The molecule has 2 saturated heterocycles. The summed E-state index contributed by atoms with van der Waals surface area (Å²) in [5.74, 6) is -0.0724. The summed E-state index contributed by atoms with van der Waals surface area (Å²) in [7, 11) is 0. The van der Waals surface area contributed by atoms with E-state index in [0.29, 0.717) is 31.3 Å². The highest BCUT2D eigenvalue weighted by atomic mass is 16.5. The molecule has 0 saturated carbocycles. The maximum Gasteiger partial charge on any atom is 0.320 e. The number of piperidine rings is 1. The second kappa shape index (κ2) is 6.53. The van der Waals surface area contributed by atoms with Crippen molar-refractivity contribution in [3.63, 3.8) is 0 Å². The van der Waals surface area contributed by atoms with Gasteiger partial charge in [-0.3, -0.25) is 9.69 Å². The van der Waals surface area contributed by atoms with E-state index in [4.69, 9.17) is 4.74 Å². The zero-order valence-corrected chi connectivity index (χ0v) is 11.7. The van der Waals surface area contributed by atoms with Gasteiger partial charge in [0.05, 0.1) is 13.2 Å². The van der Waals surface area contributed by atoms with E-state index >= 15 is 0 Å². The molecule has 4 nitrogen and oxygen atoms in total. The predicted molar refractivity (Wildman–Crippen MR) is 71.5 cm³/mol. The van der Waals surface area contributed by atoms with E-state index in [1.165, 1.54) is 25.7 Å². The largest absolute Gasteiger partial charge is 0.465 e. The van der Waals surface area contributed by atoms with Crippen molar-refractivity contribution in [2.45, 2.75) is 64.1 Å². The van der Waals surface area contributed by atoms with Crippen LogP contribution in [0.25, 0.3) is 0 Å². The Hall–Kier alpha value is -0.610. The van der Waals surface area contributed by atoms with Crippen LogP contribution in [0.15, 0.2) is 0 Å². The van der Waals surface area contributed by atoms with Crippen molar-refractivity contribution < 1.29 is 9.53 Å². The molecular formula is C14H26N2O2. The predicted octanol–water partition coefficient (Wildman–Crippen LogP) is 1.54. The molecule has 2 heterocycles. The second-order valence-electron chi connectivity index (χ2n) is 5.54. The van der Waals surface area contributed by atoms with Gasteiger partial charge in [0, 0.05) is 18.1 Å². The minimum atomic E-state index is -0.0724. The Balaban J connectivity index is 1.90. The van der Waals surface area contributed by atoms with Crippen molar-refractivity contribution in [2.75, 3.05) is 19.7 Å². The van der Waals surface area contributed by atoms with Crippen molar-refractivity contribution in [1.82, 2.24) is 10.2 Å². The molecule has 0 aliphatic carbocycles. The third-order valence-corrected chi connectivity index (χ3v) is 4.11. The van der Waals surface area contributed by atoms with Crippen LogP contribution < -0.4 is 5.32 Å². The van der Waals surface area contributed by atoms with Gasteiger partial charge in [-0.1, -0.05) is 6.92 Å². The lowest BCUT2D eigenvalue weighted by atomic mass is 9.98. The standard InChI is InChI=1S/C14H26N2O2/c1-3-7-16(10-14(17)18-4-2)13-8-11-5-6-12(9-13)15-11/h11-13,15H,3-10H2,1-2H3. The SMILES string of the molecule is CCCN(CC(=O)OCC)C1CC2CCC(C1)N2. The van der Waals surface area contributed by atoms with Crippen LogP contribution in [-0.4, -0.2) is 48.7 Å². The van der Waals surface area contributed by atoms with E-state index in [1.54, 1.807) is 0 Å². The Bertz CT molecular complexity index is 271. The van der Waals surface area contributed by atoms with Crippen molar-refractivity contribution >= 4 is 5.97 Å². The molecule has 2 unspecified atom stereocenters. The normalized spacial score (nSPS) is 30.7. The van der Waals surface area contributed by atoms with E-state index < -0.39 is 0 Å². The molecule has 4 heteroatoms. The number of carbonyl (C=O) groups excluding carboxylic acids is 1. The third-order valence-electron chi connectivity index (χ3n) is 4.11. The number of nitrogens with zero attached hydrogens (tertiary/aromatic N) is 1. The van der Waals surface area contributed by atoms with Gasteiger partial charge >= 0.3 is 5.97 Å². The summed E-state index contributed by atoms with van der Waals surface area (Å²) in [5, 5.41) is 3.65. The van der Waals surface area contributed by atoms with Gasteiger partial charge in [0.15, 0.2) is 0 Å². The molecule has 0 amide bonds. The quantitative estimate of drug-likeness (QED) is 0.730. The Morgan fingerprint density at radius 2 is 1.94 bits per heavy atom. The first-order chi connectivity index (χ1) is 8.72. The number of hydrogen-bond donors (Lipinski definition) is 1. The number of nitrogens with one attached hydrogen (secondary N) is 1. The van der Waals surface area contributed by atoms with Crippen LogP contribution in [0.3, 0.4) is 0 Å². The molecule has 0 aromatic rings. The molecule has 104 valence electrons. The monoisotopic (exact) mass is 254 g/mol. The molecule has 0 aromatic heterocycles. The van der Waals surface area contributed by atoms with E-state index in [2.05, 4.69) is 17.1 Å². The number of esters is 1. The average Bonchev–Trinajstić information content (AvgIpc) is 2.68. The zero-order valence-electron chi connectivity index (χ0n) is 11.7. The molecule has 0 aromatic carbocycles. The molecule has 2 aliphatic heterocycles. The van der Waals surface area contributed by atoms with Gasteiger partial charge < -0.3 is 10.1 Å². The van der Waals surface area contributed by atoms with Crippen molar-refractivity contribution in [3.05, 3.63) is 0 Å². The highest BCUT2D eigenvalue weighted by molar-refractivity contribution is 5.71. The molecule has 2 fully saturated rings. The summed E-state index contributed by atoms with van der Waals surface area (Å²) in [6, 6.07) is 1.92. The topological polar surface area (TPSA) is 41.6 Å². The van der Waals surface area contributed by atoms with Gasteiger partial charge in [-0.25, -0.2) is 0 Å². The summed E-state index contributed by atoms with van der Waals surface area (Å²) >= 11 is 0. The molecular weight excluding hydrogens is 228 g/mol. The summed E-state index contributed by atoms with van der Waals surface area (Å²) in [6.07, 6.45) is 6.09. The van der Waals surface area contributed by atoms with Crippen molar-refractivity contribution in [2.24, 2.45) is 0 Å². The summed E-state index contributed by atoms with van der Waals surface area (Å²) in [5.41, 5.74) is 0.